The Hall–Kier alpha value is -2.40. The number of aliphatic hydroxyl groups is 8. The van der Waals surface area contributed by atoms with Crippen molar-refractivity contribution < 1.29 is 77.8 Å². The lowest BCUT2D eigenvalue weighted by molar-refractivity contribution is -0.299. The number of amides is 1. The van der Waals surface area contributed by atoms with Gasteiger partial charge >= 0.3 is 11.8 Å². The van der Waals surface area contributed by atoms with Gasteiger partial charge in [-0.3, -0.25) is 4.79 Å². The summed E-state index contributed by atoms with van der Waals surface area (Å²) in [6, 6.07) is 3.04. The van der Waals surface area contributed by atoms with Crippen LogP contribution in [0.15, 0.2) is 34.5 Å². The maximum atomic E-state index is 13.3. The van der Waals surface area contributed by atoms with Crippen LogP contribution in [0.2, 0.25) is 0 Å². The molecule has 3 aliphatic heterocycles. The summed E-state index contributed by atoms with van der Waals surface area (Å²) in [6.07, 6.45) is -21.0. The molecular formula is C24H32F3N3O13. The van der Waals surface area contributed by atoms with E-state index in [1.807, 2.05) is 0 Å². The van der Waals surface area contributed by atoms with Crippen LogP contribution in [0.4, 0.5) is 13.2 Å². The molecule has 0 spiro atoms. The van der Waals surface area contributed by atoms with Gasteiger partial charge in [0.25, 0.3) is 5.91 Å². The molecule has 3 aliphatic rings. The SMILES string of the molecule is O=C(NC(CO[C@H]1[C@@H](O)[C@@H](O)[C@@H](O)O[C@@H]1CO)CO[C@H]1[C@@H](O)[C@@H](O)[C@@H](O)O[C@@H]1CO)c1ccc(C2(C(F)(F)F)N=N2)cc1. The molecule has 0 radical (unpaired) electrons. The molecule has 1 aromatic rings. The summed E-state index contributed by atoms with van der Waals surface area (Å²) in [5.74, 6) is -0.835. The van der Waals surface area contributed by atoms with E-state index in [4.69, 9.17) is 18.9 Å². The lowest BCUT2D eigenvalue weighted by atomic mass is 9.99. The average Bonchev–Trinajstić information content (AvgIpc) is 3.80. The van der Waals surface area contributed by atoms with Crippen molar-refractivity contribution in [2.24, 2.45) is 10.2 Å². The van der Waals surface area contributed by atoms with E-state index >= 15 is 0 Å². The number of benzene rings is 1. The molecular weight excluding hydrogens is 595 g/mol. The number of nitrogens with one attached hydrogen (secondary N) is 1. The molecule has 10 atom stereocenters. The van der Waals surface area contributed by atoms with E-state index in [-0.39, 0.29) is 11.1 Å². The number of nitrogens with zero attached hydrogens (tertiary/aromatic N) is 2. The van der Waals surface area contributed by atoms with E-state index in [9.17, 15) is 58.8 Å². The van der Waals surface area contributed by atoms with Crippen LogP contribution in [0, 0.1) is 0 Å². The van der Waals surface area contributed by atoms with Gasteiger partial charge in [0, 0.05) is 11.1 Å². The van der Waals surface area contributed by atoms with Crippen molar-refractivity contribution in [3.63, 3.8) is 0 Å². The molecule has 0 aromatic heterocycles. The second kappa shape index (κ2) is 13.3. The predicted molar refractivity (Wildman–Crippen MR) is 130 cm³/mol. The van der Waals surface area contributed by atoms with Crippen molar-refractivity contribution in [2.75, 3.05) is 26.4 Å². The highest BCUT2D eigenvalue weighted by molar-refractivity contribution is 5.94. The Labute approximate surface area is 240 Å². The monoisotopic (exact) mass is 627 g/mol. The van der Waals surface area contributed by atoms with Gasteiger partial charge in [0.15, 0.2) is 12.6 Å². The van der Waals surface area contributed by atoms with E-state index in [1.54, 1.807) is 0 Å². The van der Waals surface area contributed by atoms with Crippen LogP contribution >= 0.6 is 0 Å². The van der Waals surface area contributed by atoms with Crippen molar-refractivity contribution >= 4 is 5.91 Å². The summed E-state index contributed by atoms with van der Waals surface area (Å²) in [5, 5.41) is 87.9. The minimum absolute atomic E-state index is 0.104. The molecule has 0 saturated carbocycles. The Kier molecular flexibility index (Phi) is 10.4. The van der Waals surface area contributed by atoms with E-state index in [0.717, 1.165) is 24.3 Å². The van der Waals surface area contributed by atoms with E-state index in [0.29, 0.717) is 0 Å². The first-order valence-electron chi connectivity index (χ1n) is 13.0. The third kappa shape index (κ3) is 6.97. The third-order valence-electron chi connectivity index (χ3n) is 7.24. The summed E-state index contributed by atoms with van der Waals surface area (Å²) in [7, 11) is 0. The fraction of sp³-hybridized carbons (Fsp3) is 0.708. The van der Waals surface area contributed by atoms with E-state index in [1.165, 1.54) is 0 Å². The molecule has 2 fully saturated rings. The van der Waals surface area contributed by atoms with Gasteiger partial charge in [0.05, 0.1) is 32.5 Å². The molecule has 2 saturated heterocycles. The fourth-order valence-electron chi connectivity index (χ4n) is 4.70. The van der Waals surface area contributed by atoms with Crippen LogP contribution in [0.25, 0.3) is 0 Å². The predicted octanol–water partition coefficient (Wildman–Crippen LogP) is -3.40. The Morgan fingerprint density at radius 1 is 0.837 bits per heavy atom. The molecule has 9 N–H and O–H groups in total. The van der Waals surface area contributed by atoms with Gasteiger partial charge in [-0.15, -0.1) is 10.2 Å². The zero-order valence-corrected chi connectivity index (χ0v) is 22.1. The van der Waals surface area contributed by atoms with Crippen molar-refractivity contribution in [2.45, 2.75) is 79.3 Å². The molecule has 0 unspecified atom stereocenters. The number of ether oxygens (including phenoxy) is 4. The van der Waals surface area contributed by atoms with Crippen molar-refractivity contribution in [3.8, 4) is 0 Å². The van der Waals surface area contributed by atoms with Gasteiger partial charge in [0.1, 0.15) is 48.8 Å². The van der Waals surface area contributed by atoms with Crippen LogP contribution in [0.1, 0.15) is 15.9 Å². The molecule has 3 heterocycles. The molecule has 4 rings (SSSR count). The number of carbonyl (C=O) groups is 1. The zero-order valence-electron chi connectivity index (χ0n) is 22.1. The highest BCUT2D eigenvalue weighted by atomic mass is 19.4. The van der Waals surface area contributed by atoms with Crippen molar-refractivity contribution in [3.05, 3.63) is 35.4 Å². The van der Waals surface area contributed by atoms with Crippen LogP contribution in [-0.4, -0.2) is 147 Å². The Morgan fingerprint density at radius 3 is 1.65 bits per heavy atom. The van der Waals surface area contributed by atoms with Crippen LogP contribution in [0.3, 0.4) is 0 Å². The Balaban J connectivity index is 1.48. The molecule has 1 aromatic carbocycles. The fourth-order valence-corrected chi connectivity index (χ4v) is 4.70. The first kappa shape index (κ1) is 33.5. The van der Waals surface area contributed by atoms with Crippen molar-refractivity contribution in [1.29, 1.82) is 0 Å². The van der Waals surface area contributed by atoms with Gasteiger partial charge in [-0.1, -0.05) is 12.1 Å². The largest absolute Gasteiger partial charge is 0.442 e. The van der Waals surface area contributed by atoms with Gasteiger partial charge in [-0.25, -0.2) is 0 Å². The maximum absolute atomic E-state index is 13.3. The van der Waals surface area contributed by atoms with E-state index in [2.05, 4.69) is 15.5 Å². The second-order valence-electron chi connectivity index (χ2n) is 10.2. The first-order valence-corrected chi connectivity index (χ1v) is 13.0. The molecule has 16 nitrogen and oxygen atoms in total. The summed E-state index contributed by atoms with van der Waals surface area (Å²) in [4.78, 5) is 13.0. The van der Waals surface area contributed by atoms with Crippen LogP contribution < -0.4 is 5.32 Å². The average molecular weight is 628 g/mol. The summed E-state index contributed by atoms with van der Waals surface area (Å²) in [6.45, 7) is -2.54. The molecule has 0 bridgehead atoms. The number of halogens is 3. The number of carbonyl (C=O) groups excluding carboxylic acids is 1. The zero-order chi connectivity index (χ0) is 31.7. The van der Waals surface area contributed by atoms with Crippen LogP contribution in [-0.2, 0) is 24.6 Å². The maximum Gasteiger partial charge on any atom is 0.442 e. The van der Waals surface area contributed by atoms with Gasteiger partial charge in [-0.05, 0) is 12.1 Å². The van der Waals surface area contributed by atoms with Crippen LogP contribution in [0.5, 0.6) is 0 Å². The number of hydrogen-bond donors (Lipinski definition) is 9. The van der Waals surface area contributed by atoms with Crippen molar-refractivity contribution in [1.82, 2.24) is 5.32 Å². The summed E-state index contributed by atoms with van der Waals surface area (Å²) in [5.41, 5.74) is -3.11. The first-order chi connectivity index (χ1) is 20.2. The number of alkyl halides is 3. The summed E-state index contributed by atoms with van der Waals surface area (Å²) < 4.78 is 61.2. The lowest BCUT2D eigenvalue weighted by Gasteiger charge is -2.41. The third-order valence-corrected chi connectivity index (χ3v) is 7.24. The molecule has 19 heteroatoms. The molecule has 1 amide bonds. The standard InChI is InChI=1S/C24H32F3N3O13/c25-24(26,27)23(29-30-23)10-3-1-9(2-4-10)20(37)28-11(7-40-18-12(5-31)42-21(38)16(35)14(18)33)8-41-19-13(6-32)43-22(39)17(36)15(19)34/h1-4,11-19,21-22,31-36,38-39H,5-8H2,(H,28,37)/t12-,13-,14+,15+,16-,17-,18-,19-,21+,22+/m1/s1. The minimum atomic E-state index is -4.77. The smallest absolute Gasteiger partial charge is 0.394 e. The van der Waals surface area contributed by atoms with Gasteiger partial charge in [-0.2, -0.15) is 13.2 Å². The second-order valence-corrected chi connectivity index (χ2v) is 10.2. The number of aliphatic hydroxyl groups excluding tert-OH is 8. The highest BCUT2D eigenvalue weighted by Crippen LogP contribution is 2.52. The molecule has 43 heavy (non-hydrogen) atoms. The Morgan fingerprint density at radius 2 is 1.28 bits per heavy atom. The lowest BCUT2D eigenvalue weighted by Crippen LogP contribution is -2.61. The van der Waals surface area contributed by atoms with E-state index < -0.39 is 112 Å². The quantitative estimate of drug-likeness (QED) is 0.116. The summed E-state index contributed by atoms with van der Waals surface area (Å²) >= 11 is 0. The van der Waals surface area contributed by atoms with Gasteiger partial charge in [0.2, 0.25) is 0 Å². The molecule has 242 valence electrons. The Bertz CT molecular complexity index is 1080. The normalized spacial score (nSPS) is 35.6. The van der Waals surface area contributed by atoms with Gasteiger partial charge < -0.3 is 65.1 Å². The number of rotatable bonds is 11. The molecule has 0 aliphatic carbocycles. The number of hydrogen-bond acceptors (Lipinski definition) is 15. The topological polar surface area (TPSA) is 253 Å². The minimum Gasteiger partial charge on any atom is -0.394 e. The highest BCUT2D eigenvalue weighted by Gasteiger charge is 2.65.